The molecule has 0 aromatic carbocycles. The van der Waals surface area contributed by atoms with E-state index in [9.17, 15) is 18.5 Å². The maximum Gasteiger partial charge on any atom is 0.300 e. The van der Waals surface area contributed by atoms with E-state index in [-0.39, 0.29) is 15.1 Å². The van der Waals surface area contributed by atoms with Crippen LogP contribution in [0, 0.1) is 10.1 Å². The molecule has 0 aliphatic heterocycles. The molecule has 0 saturated carbocycles. The smallest absolute Gasteiger partial charge is 0.300 e. The van der Waals surface area contributed by atoms with Crippen LogP contribution in [0.25, 0.3) is 0 Å². The number of hydrogen-bond donors (Lipinski definition) is 2. The summed E-state index contributed by atoms with van der Waals surface area (Å²) in [6.07, 6.45) is 3.13. The average Bonchev–Trinajstić information content (AvgIpc) is 2.68. The second kappa shape index (κ2) is 6.25. The van der Waals surface area contributed by atoms with Gasteiger partial charge in [-0.25, -0.2) is 13.1 Å². The molecule has 0 aliphatic carbocycles. The lowest BCUT2D eigenvalue weighted by Gasteiger charge is -2.00. The first-order valence-corrected chi connectivity index (χ1v) is 7.34. The fraction of sp³-hybridized carbons (Fsp3) is 0.250. The standard InChI is InChI=1S/C8H10ClN3O4S2/c9-8-6(12(13)14)5-7(17-8)18(15,16)11-4-2-1-3-10/h1-2,5,11H,3-4,10H2/b2-1+. The van der Waals surface area contributed by atoms with Crippen molar-refractivity contribution in [2.75, 3.05) is 13.1 Å². The Labute approximate surface area is 112 Å². The Morgan fingerprint density at radius 2 is 2.22 bits per heavy atom. The van der Waals surface area contributed by atoms with Gasteiger partial charge in [-0.2, -0.15) is 0 Å². The van der Waals surface area contributed by atoms with Crippen LogP contribution in [-0.4, -0.2) is 26.4 Å². The van der Waals surface area contributed by atoms with E-state index < -0.39 is 20.6 Å². The van der Waals surface area contributed by atoms with Crippen LogP contribution in [0.1, 0.15) is 0 Å². The Morgan fingerprint density at radius 3 is 2.72 bits per heavy atom. The summed E-state index contributed by atoms with van der Waals surface area (Å²) in [5.41, 5.74) is 4.77. The molecule has 0 fully saturated rings. The van der Waals surface area contributed by atoms with Crippen LogP contribution >= 0.6 is 22.9 Å². The Balaban J connectivity index is 2.89. The number of sulfonamides is 1. The quantitative estimate of drug-likeness (QED) is 0.464. The predicted molar refractivity (Wildman–Crippen MR) is 69.4 cm³/mol. The van der Waals surface area contributed by atoms with Gasteiger partial charge in [0.25, 0.3) is 15.7 Å². The lowest BCUT2D eigenvalue weighted by molar-refractivity contribution is -0.384. The number of thiophene rings is 1. The third-order valence-electron chi connectivity index (χ3n) is 1.80. The molecule has 0 spiro atoms. The minimum Gasteiger partial charge on any atom is -0.327 e. The van der Waals surface area contributed by atoms with E-state index in [1.165, 1.54) is 0 Å². The predicted octanol–water partition coefficient (Wildman–Crippen LogP) is 1.10. The van der Waals surface area contributed by atoms with E-state index in [0.29, 0.717) is 17.9 Å². The van der Waals surface area contributed by atoms with Crippen molar-refractivity contribution in [3.05, 3.63) is 32.7 Å². The number of rotatable bonds is 6. The van der Waals surface area contributed by atoms with E-state index in [0.717, 1.165) is 6.07 Å². The maximum atomic E-state index is 11.7. The van der Waals surface area contributed by atoms with Crippen molar-refractivity contribution in [1.82, 2.24) is 4.72 Å². The van der Waals surface area contributed by atoms with Crippen molar-refractivity contribution in [2.45, 2.75) is 4.21 Å². The Kier molecular flexibility index (Phi) is 5.23. The van der Waals surface area contributed by atoms with E-state index in [2.05, 4.69) is 4.72 Å². The van der Waals surface area contributed by atoms with E-state index in [1.54, 1.807) is 12.2 Å². The average molecular weight is 312 g/mol. The number of hydrogen-bond acceptors (Lipinski definition) is 6. The zero-order chi connectivity index (χ0) is 13.8. The van der Waals surface area contributed by atoms with Gasteiger partial charge >= 0.3 is 0 Å². The van der Waals surface area contributed by atoms with Crippen molar-refractivity contribution < 1.29 is 13.3 Å². The number of nitrogens with two attached hydrogens (primary N) is 1. The topological polar surface area (TPSA) is 115 Å². The minimum absolute atomic E-state index is 0.0584. The lowest BCUT2D eigenvalue weighted by Crippen LogP contribution is -2.23. The van der Waals surface area contributed by atoms with Crippen LogP contribution in [0.5, 0.6) is 0 Å². The monoisotopic (exact) mass is 311 g/mol. The van der Waals surface area contributed by atoms with Gasteiger partial charge in [-0.1, -0.05) is 23.8 Å². The van der Waals surface area contributed by atoms with E-state index in [1.807, 2.05) is 0 Å². The molecule has 1 aromatic heterocycles. The maximum absolute atomic E-state index is 11.7. The van der Waals surface area contributed by atoms with Gasteiger partial charge in [0.2, 0.25) is 0 Å². The van der Waals surface area contributed by atoms with Gasteiger partial charge in [0, 0.05) is 19.2 Å². The normalized spacial score (nSPS) is 12.1. The molecule has 1 rings (SSSR count). The summed E-state index contributed by atoms with van der Waals surface area (Å²) in [7, 11) is -3.79. The highest BCUT2D eigenvalue weighted by atomic mass is 35.5. The van der Waals surface area contributed by atoms with Gasteiger partial charge in [-0.3, -0.25) is 10.1 Å². The molecule has 7 nitrogen and oxygen atoms in total. The molecule has 0 amide bonds. The summed E-state index contributed by atoms with van der Waals surface area (Å²) in [5.74, 6) is 0. The molecule has 0 saturated heterocycles. The van der Waals surface area contributed by atoms with Crippen LogP contribution in [0.2, 0.25) is 4.34 Å². The second-order valence-electron chi connectivity index (χ2n) is 3.04. The molecule has 0 atom stereocenters. The summed E-state index contributed by atoms with van der Waals surface area (Å²) in [4.78, 5) is 9.82. The molecule has 0 bridgehead atoms. The van der Waals surface area contributed by atoms with Gasteiger partial charge in [-0.05, 0) is 0 Å². The Hall–Kier alpha value is -1.000. The number of nitrogens with zero attached hydrogens (tertiary/aromatic N) is 1. The molecule has 0 aliphatic rings. The molecular formula is C8H10ClN3O4S2. The number of halogens is 1. The SMILES string of the molecule is NC/C=C/CNS(=O)(=O)c1cc([N+](=O)[O-])c(Cl)s1. The van der Waals surface area contributed by atoms with Crippen LogP contribution < -0.4 is 10.5 Å². The third kappa shape index (κ3) is 3.75. The highest BCUT2D eigenvalue weighted by molar-refractivity contribution is 7.91. The molecule has 1 aromatic rings. The molecular weight excluding hydrogens is 302 g/mol. The van der Waals surface area contributed by atoms with E-state index >= 15 is 0 Å². The number of nitro groups is 1. The van der Waals surface area contributed by atoms with Gasteiger partial charge < -0.3 is 5.73 Å². The molecule has 1 heterocycles. The van der Waals surface area contributed by atoms with Crippen LogP contribution in [0.4, 0.5) is 5.69 Å². The van der Waals surface area contributed by atoms with Crippen molar-refractivity contribution in [3.8, 4) is 0 Å². The van der Waals surface area contributed by atoms with Crippen molar-refractivity contribution in [3.63, 3.8) is 0 Å². The first kappa shape index (κ1) is 15.1. The summed E-state index contributed by atoms with van der Waals surface area (Å²) < 4.78 is 25.4. The molecule has 10 heteroatoms. The van der Waals surface area contributed by atoms with Gasteiger partial charge in [0.15, 0.2) is 4.34 Å². The zero-order valence-corrected chi connectivity index (χ0v) is 11.4. The summed E-state index contributed by atoms with van der Waals surface area (Å²) in [6.45, 7) is 0.362. The Morgan fingerprint density at radius 1 is 1.56 bits per heavy atom. The Bertz CT molecular complexity index is 567. The zero-order valence-electron chi connectivity index (χ0n) is 9.00. The van der Waals surface area contributed by atoms with E-state index in [4.69, 9.17) is 17.3 Å². The van der Waals surface area contributed by atoms with Gasteiger partial charge in [0.05, 0.1) is 4.92 Å². The van der Waals surface area contributed by atoms with Crippen molar-refractivity contribution >= 4 is 38.6 Å². The molecule has 3 N–H and O–H groups in total. The fourth-order valence-electron chi connectivity index (χ4n) is 1.00. The highest BCUT2D eigenvalue weighted by Gasteiger charge is 2.24. The van der Waals surface area contributed by atoms with Crippen molar-refractivity contribution in [1.29, 1.82) is 0 Å². The summed E-state index contributed by atoms with van der Waals surface area (Å²) in [5, 5.41) is 10.5. The number of nitrogens with one attached hydrogen (secondary N) is 1. The summed E-state index contributed by atoms with van der Waals surface area (Å²) in [6, 6.07) is 0.933. The highest BCUT2D eigenvalue weighted by Crippen LogP contribution is 2.35. The van der Waals surface area contributed by atoms with Crippen molar-refractivity contribution in [2.24, 2.45) is 5.73 Å². The van der Waals surface area contributed by atoms with Crippen LogP contribution in [0.3, 0.4) is 0 Å². The van der Waals surface area contributed by atoms with Crippen LogP contribution in [0.15, 0.2) is 22.4 Å². The third-order valence-corrected chi connectivity index (χ3v) is 5.04. The molecule has 18 heavy (non-hydrogen) atoms. The fourth-order valence-corrected chi connectivity index (χ4v) is 3.69. The minimum atomic E-state index is -3.79. The molecule has 0 unspecified atom stereocenters. The largest absolute Gasteiger partial charge is 0.327 e. The molecule has 100 valence electrons. The van der Waals surface area contributed by atoms with Gasteiger partial charge in [-0.15, -0.1) is 11.3 Å². The second-order valence-corrected chi connectivity index (χ2v) is 6.69. The first-order valence-electron chi connectivity index (χ1n) is 4.67. The first-order chi connectivity index (χ1) is 8.38. The molecule has 0 radical (unpaired) electrons. The van der Waals surface area contributed by atoms with Crippen LogP contribution in [-0.2, 0) is 10.0 Å². The summed E-state index contributed by atoms with van der Waals surface area (Å²) >= 11 is 6.22. The van der Waals surface area contributed by atoms with Gasteiger partial charge in [0.1, 0.15) is 4.21 Å². The lowest BCUT2D eigenvalue weighted by atomic mass is 10.5.